The summed E-state index contributed by atoms with van der Waals surface area (Å²) in [6, 6.07) is 5.90. The standard InChI is InChI=1S/C20H28N2O2/c1-15-7-6-10-19-20(15)17(14-22(19)11-12-23)18(21-24)13-16-8-4-2-3-5-9-16/h6-7,10,14,16,18,23H,2-5,8-9,11-13H2,1H3. The first-order chi connectivity index (χ1) is 11.7. The average Bonchev–Trinajstić information content (AvgIpc) is 2.78. The molecule has 1 aliphatic rings. The summed E-state index contributed by atoms with van der Waals surface area (Å²) in [6.07, 6.45) is 10.5. The first-order valence-electron chi connectivity index (χ1n) is 9.26. The van der Waals surface area contributed by atoms with Crippen LogP contribution in [0.15, 0.2) is 29.6 Å². The molecular weight excluding hydrogens is 300 g/mol. The fraction of sp³-hybridized carbons (Fsp3) is 0.600. The van der Waals surface area contributed by atoms with Crippen LogP contribution >= 0.6 is 0 Å². The Morgan fingerprint density at radius 2 is 2.00 bits per heavy atom. The van der Waals surface area contributed by atoms with Crippen molar-refractivity contribution in [2.75, 3.05) is 6.61 Å². The summed E-state index contributed by atoms with van der Waals surface area (Å²) < 4.78 is 2.06. The minimum absolute atomic E-state index is 0.0962. The van der Waals surface area contributed by atoms with Crippen LogP contribution in [0.25, 0.3) is 10.9 Å². The molecule has 1 aliphatic carbocycles. The Kier molecular flexibility index (Phi) is 5.67. The van der Waals surface area contributed by atoms with E-state index in [1.807, 2.05) is 12.3 Å². The van der Waals surface area contributed by atoms with Gasteiger partial charge in [0.2, 0.25) is 0 Å². The number of aromatic nitrogens is 1. The Morgan fingerprint density at radius 3 is 2.67 bits per heavy atom. The molecule has 1 heterocycles. The van der Waals surface area contributed by atoms with Gasteiger partial charge >= 0.3 is 0 Å². The van der Waals surface area contributed by atoms with Crippen LogP contribution in [0.2, 0.25) is 0 Å². The highest BCUT2D eigenvalue weighted by atomic mass is 16.3. The zero-order valence-corrected chi connectivity index (χ0v) is 14.6. The monoisotopic (exact) mass is 328 g/mol. The average molecular weight is 328 g/mol. The van der Waals surface area contributed by atoms with Gasteiger partial charge in [0.1, 0.15) is 6.04 Å². The first-order valence-corrected chi connectivity index (χ1v) is 9.26. The van der Waals surface area contributed by atoms with E-state index in [0.29, 0.717) is 12.5 Å². The van der Waals surface area contributed by atoms with Crippen LogP contribution in [-0.2, 0) is 6.54 Å². The van der Waals surface area contributed by atoms with Gasteiger partial charge in [-0.15, -0.1) is 0 Å². The van der Waals surface area contributed by atoms with Crippen molar-refractivity contribution in [1.82, 2.24) is 4.57 Å². The predicted octanol–water partition coefficient (Wildman–Crippen LogP) is 5.11. The Labute approximate surface area is 143 Å². The molecule has 4 nitrogen and oxygen atoms in total. The van der Waals surface area contributed by atoms with Crippen molar-refractivity contribution in [3.63, 3.8) is 0 Å². The molecule has 1 aromatic carbocycles. The maximum atomic E-state index is 11.7. The van der Waals surface area contributed by atoms with E-state index in [1.54, 1.807) is 0 Å². The van der Waals surface area contributed by atoms with Crippen LogP contribution in [0.5, 0.6) is 0 Å². The van der Waals surface area contributed by atoms with Gasteiger partial charge in [-0.05, 0) is 30.9 Å². The fourth-order valence-corrected chi connectivity index (χ4v) is 4.26. The maximum Gasteiger partial charge on any atom is 0.119 e. The molecule has 0 amide bonds. The van der Waals surface area contributed by atoms with Crippen LogP contribution in [0.1, 0.15) is 62.1 Å². The molecule has 1 unspecified atom stereocenters. The quantitative estimate of drug-likeness (QED) is 0.592. The normalized spacial score (nSPS) is 17.8. The maximum absolute atomic E-state index is 11.7. The third kappa shape index (κ3) is 3.54. The van der Waals surface area contributed by atoms with E-state index in [0.717, 1.165) is 22.9 Å². The van der Waals surface area contributed by atoms with Crippen molar-refractivity contribution in [2.24, 2.45) is 11.1 Å². The number of aliphatic hydroxyl groups excluding tert-OH is 1. The molecule has 0 spiro atoms. The Balaban J connectivity index is 1.94. The van der Waals surface area contributed by atoms with Gasteiger partial charge in [-0.1, -0.05) is 55.8 Å². The number of aliphatic hydroxyl groups is 1. The van der Waals surface area contributed by atoms with Gasteiger partial charge in [0, 0.05) is 29.2 Å². The third-order valence-electron chi connectivity index (χ3n) is 5.50. The molecule has 0 saturated heterocycles. The molecule has 1 saturated carbocycles. The van der Waals surface area contributed by atoms with E-state index in [2.05, 4.69) is 28.8 Å². The first kappa shape index (κ1) is 17.2. The number of hydrogen-bond acceptors (Lipinski definition) is 3. The lowest BCUT2D eigenvalue weighted by atomic mass is 9.89. The summed E-state index contributed by atoms with van der Waals surface area (Å²) in [5.74, 6) is 0.607. The lowest BCUT2D eigenvalue weighted by molar-refractivity contribution is 0.278. The van der Waals surface area contributed by atoms with Gasteiger partial charge in [0.15, 0.2) is 0 Å². The topological polar surface area (TPSA) is 54.6 Å². The van der Waals surface area contributed by atoms with Crippen molar-refractivity contribution >= 4 is 10.9 Å². The number of fused-ring (bicyclic) bond motifs is 1. The summed E-state index contributed by atoms with van der Waals surface area (Å²) in [4.78, 5) is 11.7. The van der Waals surface area contributed by atoms with Crippen molar-refractivity contribution in [3.8, 4) is 0 Å². The molecule has 130 valence electrons. The number of rotatable bonds is 6. The molecule has 24 heavy (non-hydrogen) atoms. The van der Waals surface area contributed by atoms with E-state index < -0.39 is 0 Å². The molecule has 1 N–H and O–H groups in total. The lowest BCUT2D eigenvalue weighted by Gasteiger charge is -2.17. The second kappa shape index (κ2) is 7.93. The number of nitrogens with zero attached hydrogens (tertiary/aromatic N) is 2. The molecule has 0 aliphatic heterocycles. The summed E-state index contributed by atoms with van der Waals surface area (Å²) in [5, 5.41) is 14.0. The second-order valence-electron chi connectivity index (χ2n) is 7.18. The van der Waals surface area contributed by atoms with Gasteiger partial charge in [0.25, 0.3) is 0 Å². The molecule has 1 atom stereocenters. The second-order valence-corrected chi connectivity index (χ2v) is 7.18. The third-order valence-corrected chi connectivity index (χ3v) is 5.50. The van der Waals surface area contributed by atoms with Gasteiger partial charge in [-0.3, -0.25) is 0 Å². The van der Waals surface area contributed by atoms with E-state index in [4.69, 9.17) is 0 Å². The zero-order chi connectivity index (χ0) is 16.9. The molecule has 0 radical (unpaired) electrons. The van der Waals surface area contributed by atoms with Crippen molar-refractivity contribution < 1.29 is 5.11 Å². The van der Waals surface area contributed by atoms with Gasteiger partial charge in [-0.25, -0.2) is 0 Å². The van der Waals surface area contributed by atoms with Crippen molar-refractivity contribution in [1.29, 1.82) is 0 Å². The molecule has 0 bridgehead atoms. The highest BCUT2D eigenvalue weighted by molar-refractivity contribution is 5.87. The summed E-state index contributed by atoms with van der Waals surface area (Å²) >= 11 is 0. The van der Waals surface area contributed by atoms with E-state index in [-0.39, 0.29) is 12.6 Å². The smallest absolute Gasteiger partial charge is 0.119 e. The van der Waals surface area contributed by atoms with E-state index in [1.165, 1.54) is 44.1 Å². The highest BCUT2D eigenvalue weighted by Crippen LogP contribution is 2.37. The SMILES string of the molecule is Cc1cccc2c1c(C(CC1CCCCCC1)N=O)cn2CCO. The van der Waals surface area contributed by atoms with Gasteiger partial charge < -0.3 is 9.67 Å². The number of benzene rings is 1. The largest absolute Gasteiger partial charge is 0.395 e. The van der Waals surface area contributed by atoms with Crippen LogP contribution in [0, 0.1) is 17.7 Å². The van der Waals surface area contributed by atoms with Crippen molar-refractivity contribution in [3.05, 3.63) is 40.4 Å². The predicted molar refractivity (Wildman–Crippen MR) is 98.1 cm³/mol. The minimum atomic E-state index is -0.281. The molecule has 3 rings (SSSR count). The Morgan fingerprint density at radius 1 is 1.25 bits per heavy atom. The van der Waals surface area contributed by atoms with Crippen LogP contribution in [-0.4, -0.2) is 16.3 Å². The number of hydrogen-bond donors (Lipinski definition) is 1. The van der Waals surface area contributed by atoms with E-state index in [9.17, 15) is 10.0 Å². The Hall–Kier alpha value is -1.68. The van der Waals surface area contributed by atoms with Crippen LogP contribution in [0.3, 0.4) is 0 Å². The fourth-order valence-electron chi connectivity index (χ4n) is 4.26. The summed E-state index contributed by atoms with van der Waals surface area (Å²) in [5.41, 5.74) is 3.30. The van der Waals surface area contributed by atoms with E-state index >= 15 is 0 Å². The van der Waals surface area contributed by atoms with Gasteiger partial charge in [0.05, 0.1) is 6.61 Å². The molecule has 1 aromatic heterocycles. The molecule has 1 fully saturated rings. The van der Waals surface area contributed by atoms with Gasteiger partial charge in [-0.2, -0.15) is 4.91 Å². The minimum Gasteiger partial charge on any atom is -0.395 e. The lowest BCUT2D eigenvalue weighted by Crippen LogP contribution is -2.06. The molecular formula is C20H28N2O2. The van der Waals surface area contributed by atoms with Crippen molar-refractivity contribution in [2.45, 2.75) is 64.5 Å². The summed E-state index contributed by atoms with van der Waals surface area (Å²) in [7, 11) is 0. The molecule has 2 aromatic rings. The molecule has 4 heteroatoms. The highest BCUT2D eigenvalue weighted by Gasteiger charge is 2.24. The Bertz CT molecular complexity index is 684. The number of nitroso groups, excluding NO2 is 1. The van der Waals surface area contributed by atoms with Crippen LogP contribution < -0.4 is 0 Å². The van der Waals surface area contributed by atoms with Crippen LogP contribution in [0.4, 0.5) is 0 Å². The zero-order valence-electron chi connectivity index (χ0n) is 14.6. The number of aryl methyl sites for hydroxylation is 1. The summed E-state index contributed by atoms with van der Waals surface area (Å²) in [6.45, 7) is 2.73.